The topological polar surface area (TPSA) is 68.0 Å². The van der Waals surface area contributed by atoms with Gasteiger partial charge < -0.3 is 9.84 Å². The van der Waals surface area contributed by atoms with E-state index >= 15 is 0 Å². The van der Waals surface area contributed by atoms with Crippen molar-refractivity contribution in [1.29, 1.82) is 0 Å². The lowest BCUT2D eigenvalue weighted by molar-refractivity contribution is -0.137. The van der Waals surface area contributed by atoms with Gasteiger partial charge in [-0.1, -0.05) is 23.4 Å². The molecule has 0 aliphatic rings. The molecule has 0 aliphatic heterocycles. The molecule has 9 heteroatoms. The summed E-state index contributed by atoms with van der Waals surface area (Å²) in [5.74, 6) is -0.609. The summed E-state index contributed by atoms with van der Waals surface area (Å²) in [7, 11) is 0. The van der Waals surface area contributed by atoms with Gasteiger partial charge >= 0.3 is 18.0 Å². The number of aromatic nitrogens is 2. The molecule has 0 unspecified atom stereocenters. The maximum absolute atomic E-state index is 12.6. The van der Waals surface area contributed by atoms with Crippen molar-refractivity contribution in [3.05, 3.63) is 58.8 Å². The van der Waals surface area contributed by atoms with Crippen LogP contribution in [-0.4, -0.2) is 16.0 Å². The molecule has 24 heavy (non-hydrogen) atoms. The average molecular weight is 353 g/mol. The van der Waals surface area contributed by atoms with Crippen molar-refractivity contribution in [2.75, 3.05) is 0 Å². The van der Waals surface area contributed by atoms with Gasteiger partial charge in [0, 0.05) is 6.54 Å². The van der Waals surface area contributed by atoms with Crippen LogP contribution in [0.5, 0.6) is 0 Å². The minimum absolute atomic E-state index is 0.0839. The highest BCUT2D eigenvalue weighted by Crippen LogP contribution is 2.29. The number of thiophene rings is 1. The molecule has 0 bridgehead atoms. The predicted molar refractivity (Wildman–Crippen MR) is 80.2 cm³/mol. The monoisotopic (exact) mass is 353 g/mol. The Hall–Kier alpha value is -2.68. The Morgan fingerprint density at radius 2 is 2.08 bits per heavy atom. The quantitative estimate of drug-likeness (QED) is 0.776. The zero-order valence-electron chi connectivity index (χ0n) is 12.0. The fourth-order valence-corrected chi connectivity index (χ4v) is 2.59. The molecule has 0 aliphatic carbocycles. The van der Waals surface area contributed by atoms with Crippen LogP contribution in [-0.2, 0) is 12.7 Å². The van der Waals surface area contributed by atoms with E-state index in [1.807, 2.05) is 11.4 Å². The van der Waals surface area contributed by atoms with Gasteiger partial charge in [-0.3, -0.25) is 4.79 Å². The Morgan fingerprint density at radius 3 is 2.79 bits per heavy atom. The zero-order valence-corrected chi connectivity index (χ0v) is 12.8. The second-order valence-electron chi connectivity index (χ2n) is 4.78. The van der Waals surface area contributed by atoms with Crippen LogP contribution < -0.4 is 5.32 Å². The molecule has 0 radical (unpaired) electrons. The third-order valence-corrected chi connectivity index (χ3v) is 3.94. The smallest absolute Gasteiger partial charge is 0.344 e. The molecule has 3 rings (SSSR count). The normalized spacial score (nSPS) is 11.5. The number of benzene rings is 1. The van der Waals surface area contributed by atoms with E-state index in [1.54, 1.807) is 6.07 Å². The fourth-order valence-electron chi connectivity index (χ4n) is 1.94. The number of halogens is 3. The number of hydrogen-bond donors (Lipinski definition) is 1. The highest BCUT2D eigenvalue weighted by atomic mass is 32.1. The number of rotatable bonds is 4. The van der Waals surface area contributed by atoms with Gasteiger partial charge in [-0.05, 0) is 29.1 Å². The van der Waals surface area contributed by atoms with Crippen LogP contribution in [0.4, 0.5) is 13.2 Å². The minimum Gasteiger partial charge on any atom is -0.344 e. The van der Waals surface area contributed by atoms with Crippen molar-refractivity contribution < 1.29 is 22.5 Å². The van der Waals surface area contributed by atoms with Crippen LogP contribution in [0.1, 0.15) is 21.8 Å². The predicted octanol–water partition coefficient (Wildman–Crippen LogP) is 3.75. The van der Waals surface area contributed by atoms with E-state index in [0.717, 1.165) is 17.0 Å². The fraction of sp³-hybridized carbons (Fsp3) is 0.133. The molecular weight excluding hydrogens is 343 g/mol. The molecule has 1 amide bonds. The first-order valence-electron chi connectivity index (χ1n) is 6.75. The number of nitrogens with zero attached hydrogens (tertiary/aromatic N) is 2. The first kappa shape index (κ1) is 16.2. The van der Waals surface area contributed by atoms with Crippen molar-refractivity contribution in [2.45, 2.75) is 12.7 Å². The summed E-state index contributed by atoms with van der Waals surface area (Å²) in [4.78, 5) is 16.7. The Morgan fingerprint density at radius 1 is 1.25 bits per heavy atom. The van der Waals surface area contributed by atoms with E-state index in [2.05, 4.69) is 15.5 Å². The Kier molecular flexibility index (Phi) is 4.34. The number of alkyl halides is 3. The summed E-state index contributed by atoms with van der Waals surface area (Å²) in [5.41, 5.74) is -0.455. The summed E-state index contributed by atoms with van der Waals surface area (Å²) in [6.45, 7) is -0.0839. The van der Waals surface area contributed by atoms with Crippen LogP contribution >= 0.6 is 11.3 Å². The lowest BCUT2D eigenvalue weighted by Crippen LogP contribution is -2.23. The number of carbonyl (C=O) groups excluding carboxylic acids is 1. The van der Waals surface area contributed by atoms with Crippen molar-refractivity contribution in [3.8, 4) is 10.7 Å². The molecule has 0 spiro atoms. The van der Waals surface area contributed by atoms with Crippen molar-refractivity contribution in [1.82, 2.24) is 15.5 Å². The van der Waals surface area contributed by atoms with Crippen LogP contribution in [0.2, 0.25) is 0 Å². The second-order valence-corrected chi connectivity index (χ2v) is 5.73. The summed E-state index contributed by atoms with van der Waals surface area (Å²) < 4.78 is 42.8. The maximum atomic E-state index is 12.6. The number of amides is 1. The number of hydrogen-bond acceptors (Lipinski definition) is 5. The SMILES string of the molecule is O=C(NCc1cccc(C(F)(F)F)c1)c1nc(-c2cccs2)no1. The second kappa shape index (κ2) is 6.44. The minimum atomic E-state index is -4.43. The van der Waals surface area contributed by atoms with Crippen LogP contribution in [0.3, 0.4) is 0 Å². The maximum Gasteiger partial charge on any atom is 0.416 e. The Balaban J connectivity index is 1.66. The molecule has 124 valence electrons. The molecule has 1 aromatic carbocycles. The third-order valence-electron chi connectivity index (χ3n) is 3.07. The molecule has 0 saturated carbocycles. The first-order valence-corrected chi connectivity index (χ1v) is 7.63. The van der Waals surface area contributed by atoms with Crippen molar-refractivity contribution in [2.24, 2.45) is 0 Å². The van der Waals surface area contributed by atoms with E-state index in [4.69, 9.17) is 4.52 Å². The van der Waals surface area contributed by atoms with Gasteiger partial charge in [-0.25, -0.2) is 0 Å². The lowest BCUT2D eigenvalue weighted by Gasteiger charge is -2.08. The first-order chi connectivity index (χ1) is 11.4. The van der Waals surface area contributed by atoms with E-state index in [1.165, 1.54) is 23.5 Å². The summed E-state index contributed by atoms with van der Waals surface area (Å²) in [5, 5.41) is 7.98. The zero-order chi connectivity index (χ0) is 17.2. The van der Waals surface area contributed by atoms with Gasteiger partial charge in [0.25, 0.3) is 0 Å². The van der Waals surface area contributed by atoms with Crippen molar-refractivity contribution in [3.63, 3.8) is 0 Å². The van der Waals surface area contributed by atoms with Crippen LogP contribution in [0.15, 0.2) is 46.3 Å². The summed E-state index contributed by atoms with van der Waals surface area (Å²) in [6.07, 6.45) is -4.43. The van der Waals surface area contributed by atoms with Gasteiger partial charge in [0.1, 0.15) is 0 Å². The van der Waals surface area contributed by atoms with E-state index in [9.17, 15) is 18.0 Å². The highest BCUT2D eigenvalue weighted by molar-refractivity contribution is 7.13. The molecule has 5 nitrogen and oxygen atoms in total. The van der Waals surface area contributed by atoms with E-state index in [-0.39, 0.29) is 18.3 Å². The molecule has 3 aromatic rings. The molecule has 2 aromatic heterocycles. The van der Waals surface area contributed by atoms with Crippen molar-refractivity contribution >= 4 is 17.2 Å². The standard InChI is InChI=1S/C15H10F3N3O2S/c16-15(17,18)10-4-1-3-9(7-10)8-19-13(22)14-20-12(21-23-14)11-5-2-6-24-11/h1-7H,8H2,(H,19,22). The number of nitrogens with one attached hydrogen (secondary N) is 1. The van der Waals surface area contributed by atoms with Gasteiger partial charge in [-0.2, -0.15) is 18.2 Å². The van der Waals surface area contributed by atoms with E-state index in [0.29, 0.717) is 5.56 Å². The van der Waals surface area contributed by atoms with Gasteiger partial charge in [0.2, 0.25) is 5.82 Å². The number of carbonyl (C=O) groups is 1. The summed E-state index contributed by atoms with van der Waals surface area (Å²) in [6, 6.07) is 8.30. The Labute approximate surface area is 138 Å². The lowest BCUT2D eigenvalue weighted by atomic mass is 10.1. The average Bonchev–Trinajstić information content (AvgIpc) is 3.22. The largest absolute Gasteiger partial charge is 0.416 e. The molecule has 2 heterocycles. The summed E-state index contributed by atoms with van der Waals surface area (Å²) >= 11 is 1.39. The molecule has 1 N–H and O–H groups in total. The van der Waals surface area contributed by atoms with E-state index < -0.39 is 17.6 Å². The Bertz CT molecular complexity index is 844. The molecule has 0 fully saturated rings. The van der Waals surface area contributed by atoms with Gasteiger partial charge in [0.05, 0.1) is 10.4 Å². The highest BCUT2D eigenvalue weighted by Gasteiger charge is 2.30. The molecular formula is C15H10F3N3O2S. The molecule has 0 saturated heterocycles. The van der Waals surface area contributed by atoms with Gasteiger partial charge in [-0.15, -0.1) is 11.3 Å². The van der Waals surface area contributed by atoms with Crippen LogP contribution in [0, 0.1) is 0 Å². The van der Waals surface area contributed by atoms with Crippen LogP contribution in [0.25, 0.3) is 10.7 Å². The third kappa shape index (κ3) is 3.62. The molecule has 0 atom stereocenters. The van der Waals surface area contributed by atoms with Gasteiger partial charge in [0.15, 0.2) is 0 Å².